The van der Waals surface area contributed by atoms with Crippen molar-refractivity contribution in [2.45, 2.75) is 0 Å². The maximum atomic E-state index is 4.32. The Balaban J connectivity index is 2.11. The van der Waals surface area contributed by atoms with E-state index in [1.807, 2.05) is 37.2 Å². The third-order valence-corrected chi connectivity index (χ3v) is 2.65. The van der Waals surface area contributed by atoms with Crippen molar-refractivity contribution in [1.82, 2.24) is 25.0 Å². The van der Waals surface area contributed by atoms with E-state index in [0.717, 1.165) is 11.3 Å². The Kier molecular flexibility index (Phi) is 3.08. The first-order valence-electron chi connectivity index (χ1n) is 6.12. The molecule has 20 heavy (non-hydrogen) atoms. The van der Waals surface area contributed by atoms with Crippen LogP contribution in [0.1, 0.15) is 0 Å². The molecule has 0 atom stereocenters. The van der Waals surface area contributed by atoms with Gasteiger partial charge in [-0.1, -0.05) is 4.98 Å². The fraction of sp³-hybridized carbons (Fsp3) is 0.154. The summed E-state index contributed by atoms with van der Waals surface area (Å²) in [6.45, 7) is 0. The molecule has 0 unspecified atom stereocenters. The second-order valence-electron chi connectivity index (χ2n) is 4.46. The zero-order chi connectivity index (χ0) is 13.9. The third-order valence-electron chi connectivity index (χ3n) is 2.65. The number of rotatable bonds is 3. The van der Waals surface area contributed by atoms with Crippen molar-refractivity contribution < 1.29 is 4.52 Å². The highest BCUT2D eigenvalue weighted by molar-refractivity contribution is 5.58. The Hall–Kier alpha value is -2.83. The molecule has 0 aliphatic carbocycles. The van der Waals surface area contributed by atoms with Crippen molar-refractivity contribution in [1.29, 1.82) is 0 Å². The molecular weight excluding hydrogens is 254 g/mol. The molecule has 100 valence electrons. The zero-order valence-electron chi connectivity index (χ0n) is 11.2. The van der Waals surface area contributed by atoms with Gasteiger partial charge in [0.05, 0.1) is 6.34 Å². The Morgan fingerprint density at radius 3 is 2.95 bits per heavy atom. The largest absolute Gasteiger partial charge is 0.459 e. The van der Waals surface area contributed by atoms with Crippen LogP contribution in [0.5, 0.6) is 0 Å². The number of H-pyrrole nitrogens is 1. The van der Waals surface area contributed by atoms with Crippen LogP contribution >= 0.6 is 0 Å². The van der Waals surface area contributed by atoms with Crippen LogP contribution in [-0.4, -0.2) is 45.4 Å². The van der Waals surface area contributed by atoms with Crippen molar-refractivity contribution in [2.75, 3.05) is 14.1 Å². The summed E-state index contributed by atoms with van der Waals surface area (Å²) in [7, 11) is 3.80. The lowest BCUT2D eigenvalue weighted by molar-refractivity contribution is -0.567. The molecule has 0 aliphatic heterocycles. The topological polar surface area (TPSA) is 74.2 Å². The van der Waals surface area contributed by atoms with E-state index < -0.39 is 0 Å². The van der Waals surface area contributed by atoms with Gasteiger partial charge in [-0.3, -0.25) is 4.98 Å². The van der Waals surface area contributed by atoms with Gasteiger partial charge in [0.15, 0.2) is 0 Å². The zero-order valence-corrected chi connectivity index (χ0v) is 11.2. The van der Waals surface area contributed by atoms with Crippen LogP contribution in [0.25, 0.3) is 17.0 Å². The molecule has 7 heteroatoms. The molecule has 0 amide bonds. The van der Waals surface area contributed by atoms with Gasteiger partial charge in [0.1, 0.15) is 11.9 Å². The van der Waals surface area contributed by atoms with E-state index in [4.69, 9.17) is 0 Å². The highest BCUT2D eigenvalue weighted by Gasteiger charge is 2.16. The summed E-state index contributed by atoms with van der Waals surface area (Å²) in [6, 6.07) is 5.78. The summed E-state index contributed by atoms with van der Waals surface area (Å²) in [5.74, 6) is 1.07. The molecule has 1 N–H and O–H groups in total. The lowest BCUT2D eigenvalue weighted by Gasteiger charge is -1.99. The number of nitrogens with zero attached hydrogens (tertiary/aromatic N) is 6. The molecule has 3 aromatic heterocycles. The smallest absolute Gasteiger partial charge is 0.369 e. The Labute approximate surface area is 115 Å². The van der Waals surface area contributed by atoms with Crippen molar-refractivity contribution >= 4 is 18.1 Å². The van der Waals surface area contributed by atoms with Gasteiger partial charge in [0, 0.05) is 38.1 Å². The van der Waals surface area contributed by atoms with Crippen LogP contribution in [0, 0.1) is 0 Å². The SMILES string of the molecule is CN(C)C=Nc1nc2nccc(-c3cccnc3)[n+]2[nH]1. The highest BCUT2D eigenvalue weighted by Crippen LogP contribution is 2.13. The average molecular weight is 268 g/mol. The van der Waals surface area contributed by atoms with Crippen LogP contribution in [-0.2, 0) is 0 Å². The predicted molar refractivity (Wildman–Crippen MR) is 74.6 cm³/mol. The number of hydrogen-bond donors (Lipinski definition) is 1. The van der Waals surface area contributed by atoms with E-state index in [1.54, 1.807) is 29.4 Å². The molecule has 7 nitrogen and oxygen atoms in total. The van der Waals surface area contributed by atoms with Gasteiger partial charge in [-0.25, -0.2) is 0 Å². The van der Waals surface area contributed by atoms with Gasteiger partial charge in [0.25, 0.3) is 0 Å². The van der Waals surface area contributed by atoms with E-state index in [0.29, 0.717) is 11.7 Å². The van der Waals surface area contributed by atoms with E-state index in [-0.39, 0.29) is 0 Å². The maximum absolute atomic E-state index is 4.32. The quantitative estimate of drug-likeness (QED) is 0.434. The minimum absolute atomic E-state index is 0.502. The van der Waals surface area contributed by atoms with E-state index >= 15 is 0 Å². The second kappa shape index (κ2) is 5.04. The predicted octanol–water partition coefficient (Wildman–Crippen LogP) is 0.827. The van der Waals surface area contributed by atoms with Crippen molar-refractivity contribution in [3.8, 4) is 11.3 Å². The summed E-state index contributed by atoms with van der Waals surface area (Å²) in [5.41, 5.74) is 1.92. The monoisotopic (exact) mass is 268 g/mol. The van der Waals surface area contributed by atoms with Gasteiger partial charge in [-0.2, -0.15) is 10.1 Å². The molecule has 0 bridgehead atoms. The summed E-state index contributed by atoms with van der Waals surface area (Å²) in [5, 5.41) is 3.11. The molecule has 0 aliphatic rings. The number of fused-ring (bicyclic) bond motifs is 1. The molecule has 3 aromatic rings. The van der Waals surface area contributed by atoms with Crippen molar-refractivity contribution in [3.63, 3.8) is 0 Å². The number of aromatic nitrogens is 5. The Bertz CT molecular complexity index is 746. The summed E-state index contributed by atoms with van der Waals surface area (Å²) in [6.07, 6.45) is 6.94. The fourth-order valence-corrected chi connectivity index (χ4v) is 1.79. The first-order valence-corrected chi connectivity index (χ1v) is 6.12. The first kappa shape index (κ1) is 12.2. The second-order valence-corrected chi connectivity index (χ2v) is 4.46. The van der Waals surface area contributed by atoms with Gasteiger partial charge < -0.3 is 4.90 Å². The number of nitrogens with one attached hydrogen (secondary N) is 1. The first-order chi connectivity index (χ1) is 9.74. The lowest BCUT2D eigenvalue weighted by atomic mass is 10.2. The molecule has 0 fully saturated rings. The summed E-state index contributed by atoms with van der Waals surface area (Å²) >= 11 is 0. The average Bonchev–Trinajstić information content (AvgIpc) is 2.89. The summed E-state index contributed by atoms with van der Waals surface area (Å²) in [4.78, 5) is 18.8. The molecule has 0 aromatic carbocycles. The number of aliphatic imine (C=N–C) groups is 1. The molecule has 0 saturated heterocycles. The molecule has 0 radical (unpaired) electrons. The van der Waals surface area contributed by atoms with Crippen LogP contribution in [0.15, 0.2) is 41.8 Å². The van der Waals surface area contributed by atoms with Crippen LogP contribution in [0.2, 0.25) is 0 Å². The van der Waals surface area contributed by atoms with Gasteiger partial charge in [-0.05, 0) is 17.1 Å². The Morgan fingerprint density at radius 2 is 2.20 bits per heavy atom. The maximum Gasteiger partial charge on any atom is 0.459 e. The van der Waals surface area contributed by atoms with Crippen LogP contribution in [0.3, 0.4) is 0 Å². The molecular formula is C13H14N7+. The van der Waals surface area contributed by atoms with Crippen LogP contribution < -0.4 is 4.52 Å². The van der Waals surface area contributed by atoms with Crippen molar-refractivity contribution in [2.24, 2.45) is 4.99 Å². The fourth-order valence-electron chi connectivity index (χ4n) is 1.79. The van der Waals surface area contributed by atoms with Crippen LogP contribution in [0.4, 0.5) is 5.95 Å². The minimum Gasteiger partial charge on any atom is -0.369 e. The van der Waals surface area contributed by atoms with E-state index in [9.17, 15) is 0 Å². The number of hydrogen-bond acceptors (Lipinski definition) is 4. The lowest BCUT2D eigenvalue weighted by Crippen LogP contribution is -2.27. The molecule has 0 saturated carbocycles. The normalized spacial score (nSPS) is 11.3. The van der Waals surface area contributed by atoms with E-state index in [2.05, 4.69) is 25.0 Å². The molecule has 3 heterocycles. The standard InChI is InChI=1S/C13H13N7/c1-19(2)9-16-12-17-13-15-7-5-11(20(13)18-12)10-4-3-6-14-8-10/h3-9H,1-2H3/p+1. The van der Waals surface area contributed by atoms with Gasteiger partial charge in [0.2, 0.25) is 0 Å². The highest BCUT2D eigenvalue weighted by atomic mass is 15.4. The Morgan fingerprint density at radius 1 is 1.30 bits per heavy atom. The van der Waals surface area contributed by atoms with Crippen molar-refractivity contribution in [3.05, 3.63) is 36.8 Å². The van der Waals surface area contributed by atoms with Gasteiger partial charge in [-0.15, -0.1) is 4.52 Å². The molecule has 0 spiro atoms. The summed E-state index contributed by atoms with van der Waals surface area (Å²) < 4.78 is 1.79. The third kappa shape index (κ3) is 2.33. The minimum atomic E-state index is 0.502. The number of aromatic amines is 1. The number of pyridine rings is 1. The molecule has 3 rings (SSSR count). The van der Waals surface area contributed by atoms with E-state index in [1.165, 1.54) is 0 Å². The van der Waals surface area contributed by atoms with Gasteiger partial charge >= 0.3 is 11.7 Å².